The highest BCUT2D eigenvalue weighted by atomic mass is 19.1. The summed E-state index contributed by atoms with van der Waals surface area (Å²) in [4.78, 5) is 0. The number of phenolic OH excluding ortho intramolecular Hbond substituents is 1. The van der Waals surface area contributed by atoms with E-state index in [2.05, 4.69) is 6.58 Å². The van der Waals surface area contributed by atoms with Gasteiger partial charge < -0.3 is 14.6 Å². The maximum atomic E-state index is 12.1. The molecule has 0 aliphatic rings. The molecule has 0 fully saturated rings. The summed E-state index contributed by atoms with van der Waals surface area (Å²) in [5, 5.41) is 10.3. The first-order valence-electron chi connectivity index (χ1n) is 6.99. The largest absolute Gasteiger partial charge is 0.504 e. The van der Waals surface area contributed by atoms with Crippen LogP contribution in [0, 0.1) is 0 Å². The van der Waals surface area contributed by atoms with Crippen molar-refractivity contribution >= 4 is 0 Å². The summed E-state index contributed by atoms with van der Waals surface area (Å²) in [6, 6.07) is 10.8. The van der Waals surface area contributed by atoms with Crippen LogP contribution in [-0.2, 0) is 6.42 Å². The monoisotopic (exact) mass is 302 g/mol. The lowest BCUT2D eigenvalue weighted by molar-refractivity contribution is 0.273. The maximum Gasteiger partial charge on any atom is 0.165 e. The molecule has 0 saturated heterocycles. The van der Waals surface area contributed by atoms with Crippen molar-refractivity contribution in [2.75, 3.05) is 20.4 Å². The van der Waals surface area contributed by atoms with Crippen molar-refractivity contribution in [3.8, 4) is 28.4 Å². The minimum atomic E-state index is -0.524. The summed E-state index contributed by atoms with van der Waals surface area (Å²) in [5.74, 6) is 1.11. The van der Waals surface area contributed by atoms with Gasteiger partial charge in [0.2, 0.25) is 0 Å². The molecule has 0 saturated carbocycles. The molecule has 1 N–H and O–H groups in total. The Labute approximate surface area is 129 Å². The molecule has 2 aromatic rings. The molecular formula is C18H19FO3. The quantitative estimate of drug-likeness (QED) is 0.781. The maximum absolute atomic E-state index is 12.1. The molecule has 0 aliphatic carbocycles. The van der Waals surface area contributed by atoms with Gasteiger partial charge in [-0.1, -0.05) is 18.2 Å². The average Bonchev–Trinajstić information content (AvgIpc) is 2.55. The predicted molar refractivity (Wildman–Crippen MR) is 85.5 cm³/mol. The van der Waals surface area contributed by atoms with Crippen molar-refractivity contribution in [3.63, 3.8) is 0 Å². The van der Waals surface area contributed by atoms with E-state index in [0.29, 0.717) is 23.5 Å². The molecule has 116 valence electrons. The Balaban J connectivity index is 2.37. The number of phenols is 1. The van der Waals surface area contributed by atoms with Crippen molar-refractivity contribution in [1.29, 1.82) is 0 Å². The van der Waals surface area contributed by atoms with E-state index in [1.807, 2.05) is 18.2 Å². The summed E-state index contributed by atoms with van der Waals surface area (Å²) in [5.41, 5.74) is 2.50. The van der Waals surface area contributed by atoms with Gasteiger partial charge in [-0.25, -0.2) is 4.39 Å². The Morgan fingerprint density at radius 2 is 1.95 bits per heavy atom. The molecule has 0 spiro atoms. The highest BCUT2D eigenvalue weighted by Crippen LogP contribution is 2.39. The van der Waals surface area contributed by atoms with Crippen LogP contribution in [0.1, 0.15) is 5.56 Å². The van der Waals surface area contributed by atoms with Crippen LogP contribution in [0.25, 0.3) is 11.1 Å². The lowest BCUT2D eigenvalue weighted by Crippen LogP contribution is -1.98. The zero-order valence-electron chi connectivity index (χ0n) is 12.5. The summed E-state index contributed by atoms with van der Waals surface area (Å²) in [6.07, 6.45) is 2.48. The number of hydrogen-bond donors (Lipinski definition) is 1. The topological polar surface area (TPSA) is 38.7 Å². The molecule has 0 bridgehead atoms. The van der Waals surface area contributed by atoms with E-state index in [4.69, 9.17) is 9.47 Å². The minimum absolute atomic E-state index is 0.0350. The number of halogens is 1. The molecule has 2 rings (SSSR count). The smallest absolute Gasteiger partial charge is 0.165 e. The normalized spacial score (nSPS) is 10.3. The zero-order valence-corrected chi connectivity index (χ0v) is 12.5. The van der Waals surface area contributed by atoms with Gasteiger partial charge in [0.15, 0.2) is 11.5 Å². The number of methoxy groups -OCH3 is 1. The van der Waals surface area contributed by atoms with Crippen LogP contribution in [0.2, 0.25) is 0 Å². The highest BCUT2D eigenvalue weighted by molar-refractivity contribution is 5.74. The molecule has 4 heteroatoms. The SMILES string of the molecule is C=CCc1cc(OC)c(O)c(-c2ccc(OCCF)cc2)c1. The second-order valence-electron chi connectivity index (χ2n) is 4.75. The summed E-state index contributed by atoms with van der Waals surface area (Å²) in [7, 11) is 1.52. The fourth-order valence-electron chi connectivity index (χ4n) is 2.21. The van der Waals surface area contributed by atoms with E-state index in [9.17, 15) is 9.50 Å². The third-order valence-corrected chi connectivity index (χ3v) is 3.25. The molecule has 2 aromatic carbocycles. The van der Waals surface area contributed by atoms with Gasteiger partial charge in [0.1, 0.15) is 19.0 Å². The van der Waals surface area contributed by atoms with E-state index in [0.717, 1.165) is 11.1 Å². The minimum Gasteiger partial charge on any atom is -0.504 e. The van der Waals surface area contributed by atoms with Crippen LogP contribution in [0.4, 0.5) is 4.39 Å². The van der Waals surface area contributed by atoms with Crippen molar-refractivity contribution in [3.05, 3.63) is 54.6 Å². The Kier molecular flexibility index (Phi) is 5.42. The summed E-state index contributed by atoms with van der Waals surface area (Å²) >= 11 is 0. The van der Waals surface area contributed by atoms with Gasteiger partial charge in [-0.05, 0) is 41.8 Å². The van der Waals surface area contributed by atoms with Gasteiger partial charge in [0.25, 0.3) is 0 Å². The van der Waals surface area contributed by atoms with E-state index >= 15 is 0 Å². The molecule has 22 heavy (non-hydrogen) atoms. The first kappa shape index (κ1) is 15.9. The fraction of sp³-hybridized carbons (Fsp3) is 0.222. The molecule has 0 heterocycles. The second kappa shape index (κ2) is 7.50. The number of rotatable bonds is 7. The summed E-state index contributed by atoms with van der Waals surface area (Å²) in [6.45, 7) is 3.24. The van der Waals surface area contributed by atoms with Gasteiger partial charge in [-0.15, -0.1) is 6.58 Å². The molecule has 0 amide bonds. The van der Waals surface area contributed by atoms with Gasteiger partial charge in [0.05, 0.1) is 7.11 Å². The predicted octanol–water partition coefficient (Wildman–Crippen LogP) is 4.14. The molecular weight excluding hydrogens is 283 g/mol. The van der Waals surface area contributed by atoms with Crippen LogP contribution in [-0.4, -0.2) is 25.5 Å². The third kappa shape index (κ3) is 3.58. The lowest BCUT2D eigenvalue weighted by atomic mass is 9.99. The van der Waals surface area contributed by atoms with E-state index in [1.165, 1.54) is 7.11 Å². The Hall–Kier alpha value is -2.49. The Bertz CT molecular complexity index is 636. The number of alkyl halides is 1. The number of ether oxygens (including phenoxy) is 2. The highest BCUT2D eigenvalue weighted by Gasteiger charge is 2.12. The van der Waals surface area contributed by atoms with Gasteiger partial charge in [-0.3, -0.25) is 0 Å². The van der Waals surface area contributed by atoms with E-state index in [1.54, 1.807) is 24.3 Å². The fourth-order valence-corrected chi connectivity index (χ4v) is 2.21. The number of aromatic hydroxyl groups is 1. The molecule has 3 nitrogen and oxygen atoms in total. The molecule has 0 atom stereocenters. The Morgan fingerprint density at radius 3 is 2.55 bits per heavy atom. The van der Waals surface area contributed by atoms with Crippen LogP contribution in [0.5, 0.6) is 17.2 Å². The van der Waals surface area contributed by atoms with Crippen LogP contribution in [0.15, 0.2) is 49.1 Å². The second-order valence-corrected chi connectivity index (χ2v) is 4.75. The van der Waals surface area contributed by atoms with Gasteiger partial charge in [0, 0.05) is 5.56 Å². The summed E-state index contributed by atoms with van der Waals surface area (Å²) < 4.78 is 22.5. The van der Waals surface area contributed by atoms with Gasteiger partial charge >= 0.3 is 0 Å². The van der Waals surface area contributed by atoms with Gasteiger partial charge in [-0.2, -0.15) is 0 Å². The van der Waals surface area contributed by atoms with E-state index < -0.39 is 6.67 Å². The zero-order chi connectivity index (χ0) is 15.9. The number of allylic oxidation sites excluding steroid dienone is 1. The Morgan fingerprint density at radius 1 is 1.23 bits per heavy atom. The van der Waals surface area contributed by atoms with Crippen LogP contribution in [0.3, 0.4) is 0 Å². The van der Waals surface area contributed by atoms with Crippen molar-refractivity contribution in [2.45, 2.75) is 6.42 Å². The standard InChI is InChI=1S/C18H19FO3/c1-3-4-13-11-16(18(20)17(12-13)21-2)14-5-7-15(8-6-14)22-10-9-19/h3,5-8,11-12,20H,1,4,9-10H2,2H3. The van der Waals surface area contributed by atoms with Crippen LogP contribution >= 0.6 is 0 Å². The molecule has 0 unspecified atom stereocenters. The molecule has 0 aromatic heterocycles. The average molecular weight is 302 g/mol. The molecule has 0 aliphatic heterocycles. The first-order chi connectivity index (χ1) is 10.7. The lowest BCUT2D eigenvalue weighted by Gasteiger charge is -2.12. The van der Waals surface area contributed by atoms with Crippen molar-refractivity contribution in [1.82, 2.24) is 0 Å². The third-order valence-electron chi connectivity index (χ3n) is 3.25. The van der Waals surface area contributed by atoms with Crippen molar-refractivity contribution in [2.24, 2.45) is 0 Å². The number of hydrogen-bond acceptors (Lipinski definition) is 3. The van der Waals surface area contributed by atoms with E-state index in [-0.39, 0.29) is 12.4 Å². The molecule has 0 radical (unpaired) electrons. The first-order valence-corrected chi connectivity index (χ1v) is 6.99. The van der Waals surface area contributed by atoms with Crippen molar-refractivity contribution < 1.29 is 19.0 Å². The van der Waals surface area contributed by atoms with Crippen LogP contribution < -0.4 is 9.47 Å². The number of benzene rings is 2.